The van der Waals surface area contributed by atoms with Gasteiger partial charge in [-0.15, -0.1) is 0 Å². The Bertz CT molecular complexity index is 607. The minimum atomic E-state index is -0.361. The van der Waals surface area contributed by atoms with Gasteiger partial charge in [0.2, 0.25) is 0 Å². The van der Waals surface area contributed by atoms with E-state index in [0.717, 1.165) is 17.5 Å². The molecule has 1 N–H and O–H groups in total. The van der Waals surface area contributed by atoms with Crippen LogP contribution in [0.2, 0.25) is 0 Å². The van der Waals surface area contributed by atoms with Gasteiger partial charge in [0.15, 0.2) is 0 Å². The monoisotopic (exact) mass is 274 g/mol. The summed E-state index contributed by atoms with van der Waals surface area (Å²) in [5.41, 5.74) is 2.76. The summed E-state index contributed by atoms with van der Waals surface area (Å²) in [6.07, 6.45) is 4.65. The first kappa shape index (κ1) is 14.0. The summed E-state index contributed by atoms with van der Waals surface area (Å²) in [5, 5.41) is 18.3. The predicted molar refractivity (Wildman–Crippen MR) is 77.9 cm³/mol. The van der Waals surface area contributed by atoms with Crippen molar-refractivity contribution in [2.45, 2.75) is 26.8 Å². The fourth-order valence-electron chi connectivity index (χ4n) is 1.98. The van der Waals surface area contributed by atoms with Crippen molar-refractivity contribution in [3.8, 4) is 0 Å². The molecule has 0 bridgehead atoms. The Morgan fingerprint density at radius 3 is 2.85 bits per heavy atom. The number of anilines is 1. The van der Waals surface area contributed by atoms with Crippen molar-refractivity contribution in [2.75, 3.05) is 11.9 Å². The lowest BCUT2D eigenvalue weighted by molar-refractivity contribution is -0.384. The summed E-state index contributed by atoms with van der Waals surface area (Å²) >= 11 is 0. The van der Waals surface area contributed by atoms with Gasteiger partial charge in [0, 0.05) is 18.8 Å². The molecular weight excluding hydrogens is 256 g/mol. The normalized spacial score (nSPS) is 10.5. The molecule has 106 valence electrons. The number of hydrogen-bond acceptors (Lipinski definition) is 4. The number of nitro benzene ring substituents is 1. The van der Waals surface area contributed by atoms with E-state index in [0.29, 0.717) is 18.8 Å². The second kappa shape index (κ2) is 6.18. The van der Waals surface area contributed by atoms with Crippen molar-refractivity contribution < 1.29 is 4.92 Å². The van der Waals surface area contributed by atoms with E-state index in [1.54, 1.807) is 18.3 Å². The summed E-state index contributed by atoms with van der Waals surface area (Å²) in [5.74, 6) is 0. The van der Waals surface area contributed by atoms with Crippen molar-refractivity contribution in [3.05, 3.63) is 51.8 Å². The van der Waals surface area contributed by atoms with Crippen LogP contribution >= 0.6 is 0 Å². The maximum Gasteiger partial charge on any atom is 0.292 e. The van der Waals surface area contributed by atoms with Crippen LogP contribution in [0.4, 0.5) is 11.4 Å². The number of nitrogens with one attached hydrogen (secondary N) is 1. The van der Waals surface area contributed by atoms with Crippen LogP contribution in [0.5, 0.6) is 0 Å². The van der Waals surface area contributed by atoms with Gasteiger partial charge in [0.05, 0.1) is 17.7 Å². The molecule has 0 atom stereocenters. The summed E-state index contributed by atoms with van der Waals surface area (Å²) in [4.78, 5) is 10.6. The minimum absolute atomic E-state index is 0.110. The zero-order valence-electron chi connectivity index (χ0n) is 11.7. The Labute approximate surface area is 117 Å². The Morgan fingerprint density at radius 1 is 1.45 bits per heavy atom. The molecule has 0 aliphatic heterocycles. The predicted octanol–water partition coefficient (Wildman–Crippen LogP) is 2.97. The molecule has 6 heteroatoms. The van der Waals surface area contributed by atoms with Crippen LogP contribution in [0.1, 0.15) is 24.5 Å². The van der Waals surface area contributed by atoms with Crippen LogP contribution in [0.3, 0.4) is 0 Å². The average Bonchev–Trinajstić information content (AvgIpc) is 2.81. The molecule has 2 aromatic rings. The van der Waals surface area contributed by atoms with E-state index in [4.69, 9.17) is 0 Å². The van der Waals surface area contributed by atoms with Gasteiger partial charge < -0.3 is 5.32 Å². The van der Waals surface area contributed by atoms with E-state index in [9.17, 15) is 10.1 Å². The van der Waals surface area contributed by atoms with Gasteiger partial charge in [-0.3, -0.25) is 14.8 Å². The number of nitrogens with zero attached hydrogens (tertiary/aromatic N) is 3. The number of aryl methyl sites for hydroxylation is 1. The molecule has 0 saturated heterocycles. The molecule has 0 unspecified atom stereocenters. The fraction of sp³-hybridized carbons (Fsp3) is 0.357. The van der Waals surface area contributed by atoms with E-state index in [1.165, 1.54) is 0 Å². The highest BCUT2D eigenvalue weighted by Gasteiger charge is 2.13. The van der Waals surface area contributed by atoms with Gasteiger partial charge in [0.1, 0.15) is 5.69 Å². The van der Waals surface area contributed by atoms with E-state index in [-0.39, 0.29) is 10.6 Å². The zero-order chi connectivity index (χ0) is 14.5. The minimum Gasteiger partial charge on any atom is -0.379 e. The highest BCUT2D eigenvalue weighted by atomic mass is 16.6. The molecule has 2 rings (SSSR count). The lowest BCUT2D eigenvalue weighted by atomic mass is 10.1. The van der Waals surface area contributed by atoms with Gasteiger partial charge in [-0.2, -0.15) is 5.10 Å². The third kappa shape index (κ3) is 3.34. The molecule has 1 heterocycles. The summed E-state index contributed by atoms with van der Waals surface area (Å²) in [6.45, 7) is 5.32. The van der Waals surface area contributed by atoms with Crippen LogP contribution in [0.25, 0.3) is 0 Å². The lowest BCUT2D eigenvalue weighted by Crippen LogP contribution is -2.05. The van der Waals surface area contributed by atoms with Crippen molar-refractivity contribution in [3.63, 3.8) is 0 Å². The summed E-state index contributed by atoms with van der Waals surface area (Å²) < 4.78 is 1.82. The van der Waals surface area contributed by atoms with E-state index >= 15 is 0 Å². The van der Waals surface area contributed by atoms with Crippen LogP contribution in [-0.2, 0) is 6.54 Å². The van der Waals surface area contributed by atoms with Crippen molar-refractivity contribution in [2.24, 2.45) is 0 Å². The molecule has 0 saturated carbocycles. The van der Waals surface area contributed by atoms with Crippen LogP contribution in [0.15, 0.2) is 30.6 Å². The highest BCUT2D eigenvalue weighted by Crippen LogP contribution is 2.25. The standard InChI is InChI=1S/C14H18N4O2/c1-3-6-15-13-7-12(4-5-14(13)18(19)20)10-17-9-11(2)8-16-17/h4-5,7-9,15H,3,6,10H2,1-2H3. The van der Waals surface area contributed by atoms with Crippen molar-refractivity contribution in [1.82, 2.24) is 9.78 Å². The smallest absolute Gasteiger partial charge is 0.292 e. The molecule has 1 aromatic heterocycles. The van der Waals surface area contributed by atoms with Crippen molar-refractivity contribution in [1.29, 1.82) is 0 Å². The molecule has 0 aliphatic carbocycles. The number of hydrogen-bond donors (Lipinski definition) is 1. The SMILES string of the molecule is CCCNc1cc(Cn2cc(C)cn2)ccc1[N+](=O)[O-]. The molecule has 1 aromatic carbocycles. The van der Waals surface area contributed by atoms with Gasteiger partial charge in [-0.25, -0.2) is 0 Å². The zero-order valence-corrected chi connectivity index (χ0v) is 11.7. The molecule has 0 fully saturated rings. The largest absolute Gasteiger partial charge is 0.379 e. The van der Waals surface area contributed by atoms with Crippen LogP contribution in [-0.4, -0.2) is 21.2 Å². The number of nitro groups is 1. The molecule has 0 aliphatic rings. The first-order valence-electron chi connectivity index (χ1n) is 6.60. The summed E-state index contributed by atoms with van der Waals surface area (Å²) in [7, 11) is 0. The van der Waals surface area contributed by atoms with E-state index in [2.05, 4.69) is 10.4 Å². The summed E-state index contributed by atoms with van der Waals surface area (Å²) in [6, 6.07) is 5.14. The second-order valence-electron chi connectivity index (χ2n) is 4.75. The Balaban J connectivity index is 2.24. The number of benzene rings is 1. The number of aromatic nitrogens is 2. The first-order chi connectivity index (χ1) is 9.60. The second-order valence-corrected chi connectivity index (χ2v) is 4.75. The maximum absolute atomic E-state index is 11.0. The third-order valence-electron chi connectivity index (χ3n) is 2.93. The molecule has 20 heavy (non-hydrogen) atoms. The Hall–Kier alpha value is -2.37. The third-order valence-corrected chi connectivity index (χ3v) is 2.93. The molecular formula is C14H18N4O2. The Kier molecular flexibility index (Phi) is 4.34. The maximum atomic E-state index is 11.0. The quantitative estimate of drug-likeness (QED) is 0.649. The molecule has 0 radical (unpaired) electrons. The fourth-order valence-corrected chi connectivity index (χ4v) is 1.98. The highest BCUT2D eigenvalue weighted by molar-refractivity contribution is 5.62. The topological polar surface area (TPSA) is 73.0 Å². The van der Waals surface area contributed by atoms with Crippen LogP contribution < -0.4 is 5.32 Å². The van der Waals surface area contributed by atoms with E-state index < -0.39 is 0 Å². The molecule has 6 nitrogen and oxygen atoms in total. The Morgan fingerprint density at radius 2 is 2.25 bits per heavy atom. The average molecular weight is 274 g/mol. The van der Waals surface area contributed by atoms with Crippen molar-refractivity contribution >= 4 is 11.4 Å². The lowest BCUT2D eigenvalue weighted by Gasteiger charge is -2.08. The van der Waals surface area contributed by atoms with Gasteiger partial charge in [0.25, 0.3) is 5.69 Å². The number of rotatable bonds is 6. The molecule has 0 spiro atoms. The van der Waals surface area contributed by atoms with Gasteiger partial charge in [-0.1, -0.05) is 13.0 Å². The first-order valence-corrected chi connectivity index (χ1v) is 6.60. The van der Waals surface area contributed by atoms with Crippen LogP contribution in [0, 0.1) is 17.0 Å². The van der Waals surface area contributed by atoms with E-state index in [1.807, 2.05) is 30.8 Å². The molecule has 0 amide bonds. The van der Waals surface area contributed by atoms with Gasteiger partial charge >= 0.3 is 0 Å². The van der Waals surface area contributed by atoms with Gasteiger partial charge in [-0.05, 0) is 30.5 Å².